The molecule has 8 nitrogen and oxygen atoms in total. The van der Waals surface area contributed by atoms with Crippen LogP contribution in [-0.2, 0) is 49.9 Å². The summed E-state index contributed by atoms with van der Waals surface area (Å²) in [6, 6.07) is 54.0. The summed E-state index contributed by atoms with van der Waals surface area (Å²) in [5.74, 6) is 0. The number of ether oxygens (including phenoxy) is 2. The molecule has 11 heteroatoms. The molecular weight excluding hydrogens is 707 g/mol. The maximum atomic E-state index is 6.26. The topological polar surface area (TPSA) is 124 Å². The predicted octanol–water partition coefficient (Wildman–Crippen LogP) is 2.36. The van der Waals surface area contributed by atoms with Crippen molar-refractivity contribution in [2.24, 2.45) is 17.2 Å². The summed E-state index contributed by atoms with van der Waals surface area (Å²) in [5, 5.41) is 0. The van der Waals surface area contributed by atoms with E-state index in [1.54, 1.807) is 0 Å². The first-order valence-electron chi connectivity index (χ1n) is 19.7. The van der Waals surface area contributed by atoms with Gasteiger partial charge in [-0.25, -0.2) is 0 Å². The van der Waals surface area contributed by atoms with Crippen LogP contribution in [0.25, 0.3) is 0 Å². The molecule has 0 unspecified atom stereocenters. The third-order valence-corrected chi connectivity index (χ3v) is 9.62. The third-order valence-electron chi connectivity index (χ3n) is 9.62. The van der Waals surface area contributed by atoms with E-state index in [4.69, 9.17) is 40.6 Å². The van der Waals surface area contributed by atoms with Gasteiger partial charge in [0, 0.05) is 39.5 Å². The fraction of sp³-hybridized carbons (Fsp3) is 0.217. The van der Waals surface area contributed by atoms with Crippen LogP contribution in [0.2, 0.25) is 0 Å². The lowest BCUT2D eigenvalue weighted by atomic mass is 9.55. The molecule has 0 spiro atoms. The zero-order valence-electron chi connectivity index (χ0n) is 32.6. The fourth-order valence-corrected chi connectivity index (χ4v) is 6.70. The van der Waals surface area contributed by atoms with Crippen molar-refractivity contribution in [2.75, 3.05) is 39.5 Å². The van der Waals surface area contributed by atoms with E-state index in [2.05, 4.69) is 121 Å². The van der Waals surface area contributed by atoms with E-state index in [0.29, 0.717) is 65.9 Å². The second-order valence-corrected chi connectivity index (χ2v) is 13.9. The highest BCUT2D eigenvalue weighted by Gasteiger charge is 2.23. The average Bonchev–Trinajstić information content (AvgIpc) is 3.27. The molecule has 0 heterocycles. The predicted molar refractivity (Wildman–Crippen MR) is 236 cm³/mol. The van der Waals surface area contributed by atoms with E-state index >= 15 is 0 Å². The van der Waals surface area contributed by atoms with Gasteiger partial charge in [0.2, 0.25) is 0 Å². The number of hydrogen-bond donors (Lipinski definition) is 3. The number of nitrogens with two attached hydrogens (primary N) is 3. The zero-order chi connectivity index (χ0) is 39.5. The summed E-state index contributed by atoms with van der Waals surface area (Å²) in [5.41, 5.74) is 28.2. The van der Waals surface area contributed by atoms with E-state index in [1.165, 1.54) is 0 Å². The van der Waals surface area contributed by atoms with Crippen molar-refractivity contribution < 1.29 is 23.4 Å². The van der Waals surface area contributed by atoms with Crippen molar-refractivity contribution in [1.82, 2.24) is 0 Å². The summed E-state index contributed by atoms with van der Waals surface area (Å²) in [4.78, 5) is 0. The Bertz CT molecular complexity index is 1860. The van der Waals surface area contributed by atoms with Gasteiger partial charge in [0.05, 0.1) is 26.4 Å². The molecule has 0 aliphatic heterocycles. The summed E-state index contributed by atoms with van der Waals surface area (Å²) in [7, 11) is 0. The summed E-state index contributed by atoms with van der Waals surface area (Å²) in [6.45, 7) is 4.29. The molecule has 57 heavy (non-hydrogen) atoms. The maximum absolute atomic E-state index is 6.26. The van der Waals surface area contributed by atoms with Gasteiger partial charge in [0.25, 0.3) is 0 Å². The molecule has 0 saturated heterocycles. The Morgan fingerprint density at radius 2 is 0.526 bits per heavy atom. The van der Waals surface area contributed by atoms with Gasteiger partial charge < -0.3 is 40.6 Å². The zero-order valence-corrected chi connectivity index (χ0v) is 32.6. The highest BCUT2D eigenvalue weighted by Crippen LogP contribution is 2.09. The van der Waals surface area contributed by atoms with Crippen molar-refractivity contribution in [3.8, 4) is 0 Å². The van der Waals surface area contributed by atoms with Crippen molar-refractivity contribution in [3.63, 3.8) is 0 Å². The highest BCUT2D eigenvalue weighted by molar-refractivity contribution is 6.81. The molecule has 0 bridgehead atoms. The summed E-state index contributed by atoms with van der Waals surface area (Å²) in [6.07, 6.45) is 0. The van der Waals surface area contributed by atoms with Crippen LogP contribution in [0.3, 0.4) is 0 Å². The molecule has 290 valence electrons. The van der Waals surface area contributed by atoms with Crippen LogP contribution in [0.15, 0.2) is 158 Å². The smallest absolute Gasteiger partial charge is 0.361 e. The van der Waals surface area contributed by atoms with Crippen LogP contribution in [0.4, 0.5) is 0 Å². The highest BCUT2D eigenvalue weighted by atomic mass is 16.5. The van der Waals surface area contributed by atoms with Gasteiger partial charge in [0.1, 0.15) is 0 Å². The molecule has 6 aromatic carbocycles. The Balaban J connectivity index is 0.990. The normalized spacial score (nSPS) is 11.1. The van der Waals surface area contributed by atoms with E-state index in [9.17, 15) is 0 Å². The minimum atomic E-state index is -0.238. The Morgan fingerprint density at radius 1 is 0.298 bits per heavy atom. The molecule has 0 aromatic heterocycles. The molecule has 0 atom stereocenters. The monoisotopic (exact) mass is 759 g/mol. The molecule has 0 fully saturated rings. The Hall–Kier alpha value is -4.81. The minimum absolute atomic E-state index is 0.157. The van der Waals surface area contributed by atoms with Gasteiger partial charge in [-0.1, -0.05) is 158 Å². The van der Waals surface area contributed by atoms with Gasteiger partial charge in [-0.2, -0.15) is 0 Å². The van der Waals surface area contributed by atoms with E-state index in [0.717, 1.165) is 55.0 Å². The second kappa shape index (κ2) is 22.8. The van der Waals surface area contributed by atoms with Crippen molar-refractivity contribution in [3.05, 3.63) is 180 Å². The van der Waals surface area contributed by atoms with Gasteiger partial charge >= 0.3 is 20.7 Å². The van der Waals surface area contributed by atoms with Gasteiger partial charge in [-0.15, -0.1) is 0 Å². The number of hydrogen-bond acceptors (Lipinski definition) is 8. The third kappa shape index (κ3) is 12.6. The molecule has 0 aliphatic rings. The summed E-state index contributed by atoms with van der Waals surface area (Å²) >= 11 is 0. The van der Waals surface area contributed by atoms with Crippen LogP contribution in [0.5, 0.6) is 0 Å². The average molecular weight is 759 g/mol. The fourth-order valence-electron chi connectivity index (χ4n) is 6.70. The first-order valence-corrected chi connectivity index (χ1v) is 19.7. The molecule has 0 saturated carbocycles. The van der Waals surface area contributed by atoms with Crippen LogP contribution >= 0.6 is 0 Å². The van der Waals surface area contributed by atoms with E-state index in [-0.39, 0.29) is 20.7 Å². The molecule has 6 aromatic rings. The molecule has 6 N–H and O–H groups in total. The Labute approximate surface area is 339 Å². The Morgan fingerprint density at radius 3 is 0.754 bits per heavy atom. The first kappa shape index (κ1) is 41.8. The molecule has 0 aliphatic carbocycles. The maximum Gasteiger partial charge on any atom is 0.361 e. The van der Waals surface area contributed by atoms with Crippen molar-refractivity contribution in [1.29, 1.82) is 0 Å². The van der Waals surface area contributed by atoms with Gasteiger partial charge in [-0.3, -0.25) is 0 Å². The van der Waals surface area contributed by atoms with E-state index < -0.39 is 0 Å². The van der Waals surface area contributed by atoms with Crippen molar-refractivity contribution in [2.45, 2.75) is 26.4 Å². The number of rotatable bonds is 23. The van der Waals surface area contributed by atoms with E-state index in [1.807, 2.05) is 36.4 Å². The minimum Gasteiger partial charge on any atom is -0.426 e. The van der Waals surface area contributed by atoms with Crippen LogP contribution in [0, 0.1) is 0 Å². The standard InChI is InChI=1S/C46H52B3N3O5/c50-27-30-55-47(41-7-3-1-4-8-41)43-19-11-37(12-20-43)33-53-35-39-15-23-45(24-16-39)49(57-32-29-52)46-25-17-40(18-26-46)36-54-34-38-13-21-44(22-14-38)48(56-31-28-51)42-9-5-2-6-10-42/h1-26H,27-36,50-52H2. The van der Waals surface area contributed by atoms with Gasteiger partial charge in [0.15, 0.2) is 0 Å². The lowest BCUT2D eigenvalue weighted by molar-refractivity contribution is 0.107. The lowest BCUT2D eigenvalue weighted by Gasteiger charge is -2.16. The van der Waals surface area contributed by atoms with Crippen LogP contribution in [0.1, 0.15) is 22.3 Å². The molecule has 0 amide bonds. The summed E-state index contributed by atoms with van der Waals surface area (Å²) < 4.78 is 30.7. The molecular formula is C46H52B3N3O5. The SMILES string of the molecule is NCCOB(c1ccccc1)c1ccc(COCc2ccc(B(OCCN)c3ccc(COCc4ccc(B(OCCN)c5ccccc5)cc4)cc3)cc2)cc1. The molecule has 0 radical (unpaired) electrons. The largest absolute Gasteiger partial charge is 0.426 e. The first-order chi connectivity index (χ1) is 28.1. The molecule has 6 rings (SSSR count). The number of benzene rings is 6. The Kier molecular flexibility index (Phi) is 16.7. The van der Waals surface area contributed by atoms with Crippen LogP contribution < -0.4 is 50.0 Å². The lowest BCUT2D eigenvalue weighted by Crippen LogP contribution is -2.45. The quantitative estimate of drug-likeness (QED) is 0.0853. The van der Waals surface area contributed by atoms with Crippen molar-refractivity contribution >= 4 is 53.5 Å². The van der Waals surface area contributed by atoms with Gasteiger partial charge in [-0.05, 0) is 55.0 Å². The second-order valence-electron chi connectivity index (χ2n) is 13.9. The van der Waals surface area contributed by atoms with Crippen LogP contribution in [-0.4, -0.2) is 60.2 Å².